The van der Waals surface area contributed by atoms with E-state index in [1.165, 1.54) is 12.3 Å². The van der Waals surface area contributed by atoms with E-state index in [4.69, 9.17) is 16.3 Å². The largest absolute Gasteiger partial charge is 0.476 e. The standard InChI is InChI=1S/C21H21ClF2N2O/c1-12(2)6-13(3)11-27-21-17(22)7-14(10-26-21)16-4-5-25-19-9-15(23)8-18(24)20(16)19/h4-5,7-10,12-13H,6,11H2,1-3H3. The molecule has 2 heterocycles. The maximum Gasteiger partial charge on any atom is 0.232 e. The first kappa shape index (κ1) is 19.5. The Hall–Kier alpha value is -2.27. The van der Waals surface area contributed by atoms with Crippen molar-refractivity contribution in [1.29, 1.82) is 0 Å². The summed E-state index contributed by atoms with van der Waals surface area (Å²) >= 11 is 6.33. The Kier molecular flexibility index (Phi) is 5.90. The van der Waals surface area contributed by atoms with E-state index in [9.17, 15) is 8.78 Å². The Morgan fingerprint density at radius 1 is 1.11 bits per heavy atom. The average Bonchev–Trinajstić information content (AvgIpc) is 2.59. The third kappa shape index (κ3) is 4.53. The molecule has 0 aliphatic heterocycles. The molecule has 0 N–H and O–H groups in total. The molecule has 3 nitrogen and oxygen atoms in total. The summed E-state index contributed by atoms with van der Waals surface area (Å²) in [5, 5.41) is 0.577. The molecule has 0 fully saturated rings. The van der Waals surface area contributed by atoms with Gasteiger partial charge in [-0.3, -0.25) is 4.98 Å². The number of rotatable bonds is 6. The molecule has 0 aliphatic rings. The third-order valence-corrected chi connectivity index (χ3v) is 4.53. The molecule has 2 aromatic heterocycles. The maximum absolute atomic E-state index is 14.3. The highest BCUT2D eigenvalue weighted by molar-refractivity contribution is 6.32. The van der Waals surface area contributed by atoms with Crippen LogP contribution in [0.15, 0.2) is 36.7 Å². The van der Waals surface area contributed by atoms with Crippen molar-refractivity contribution in [3.05, 3.63) is 53.3 Å². The van der Waals surface area contributed by atoms with Crippen molar-refractivity contribution < 1.29 is 13.5 Å². The summed E-state index contributed by atoms with van der Waals surface area (Å²) in [6.45, 7) is 6.98. The van der Waals surface area contributed by atoms with Crippen LogP contribution in [0, 0.1) is 23.5 Å². The van der Waals surface area contributed by atoms with Crippen molar-refractivity contribution in [2.24, 2.45) is 11.8 Å². The van der Waals surface area contributed by atoms with Gasteiger partial charge in [0, 0.05) is 35.5 Å². The van der Waals surface area contributed by atoms with E-state index in [1.54, 1.807) is 18.3 Å². The Labute approximate surface area is 162 Å². The van der Waals surface area contributed by atoms with Crippen molar-refractivity contribution >= 4 is 22.5 Å². The Balaban J connectivity index is 1.89. The smallest absolute Gasteiger partial charge is 0.232 e. The van der Waals surface area contributed by atoms with Crippen LogP contribution in [0.25, 0.3) is 22.0 Å². The van der Waals surface area contributed by atoms with E-state index in [-0.39, 0.29) is 10.9 Å². The number of fused-ring (bicyclic) bond motifs is 1. The minimum absolute atomic E-state index is 0.232. The Bertz CT molecular complexity index is 962. The SMILES string of the molecule is CC(C)CC(C)COc1ncc(-c2ccnc3cc(F)cc(F)c23)cc1Cl. The molecule has 0 saturated heterocycles. The van der Waals surface area contributed by atoms with Crippen LogP contribution in [0.5, 0.6) is 5.88 Å². The third-order valence-electron chi connectivity index (χ3n) is 4.26. The van der Waals surface area contributed by atoms with Crippen LogP contribution in [0.4, 0.5) is 8.78 Å². The number of benzene rings is 1. The number of pyridine rings is 2. The molecular formula is C21H21ClF2N2O. The van der Waals surface area contributed by atoms with Gasteiger partial charge in [0.05, 0.1) is 12.1 Å². The van der Waals surface area contributed by atoms with Crippen molar-refractivity contribution in [3.63, 3.8) is 0 Å². The monoisotopic (exact) mass is 390 g/mol. The van der Waals surface area contributed by atoms with Gasteiger partial charge >= 0.3 is 0 Å². The number of hydrogen-bond donors (Lipinski definition) is 0. The lowest BCUT2D eigenvalue weighted by molar-refractivity contribution is 0.231. The van der Waals surface area contributed by atoms with Gasteiger partial charge < -0.3 is 4.74 Å². The zero-order valence-electron chi connectivity index (χ0n) is 15.5. The molecule has 0 aliphatic carbocycles. The van der Waals surface area contributed by atoms with Crippen LogP contribution in [0.1, 0.15) is 27.2 Å². The van der Waals surface area contributed by atoms with E-state index >= 15 is 0 Å². The summed E-state index contributed by atoms with van der Waals surface area (Å²) in [6, 6.07) is 5.37. The van der Waals surface area contributed by atoms with E-state index in [1.807, 2.05) is 0 Å². The van der Waals surface area contributed by atoms with Crippen molar-refractivity contribution in [1.82, 2.24) is 9.97 Å². The molecule has 0 saturated carbocycles. The Morgan fingerprint density at radius 2 is 1.89 bits per heavy atom. The molecule has 3 rings (SSSR count). The number of halogens is 3. The van der Waals surface area contributed by atoms with Gasteiger partial charge in [-0.15, -0.1) is 0 Å². The molecule has 1 atom stereocenters. The van der Waals surface area contributed by atoms with Gasteiger partial charge in [0.25, 0.3) is 0 Å². The summed E-state index contributed by atoms with van der Waals surface area (Å²) in [7, 11) is 0. The molecule has 0 bridgehead atoms. The minimum Gasteiger partial charge on any atom is -0.476 e. The summed E-state index contributed by atoms with van der Waals surface area (Å²) in [6.07, 6.45) is 4.13. The molecular weight excluding hydrogens is 370 g/mol. The lowest BCUT2D eigenvalue weighted by atomic mass is 10.00. The van der Waals surface area contributed by atoms with E-state index in [0.29, 0.717) is 40.5 Å². The lowest BCUT2D eigenvalue weighted by Gasteiger charge is -2.15. The molecule has 1 unspecified atom stereocenters. The average molecular weight is 391 g/mol. The molecule has 27 heavy (non-hydrogen) atoms. The van der Waals surface area contributed by atoms with Crippen LogP contribution in [-0.4, -0.2) is 16.6 Å². The molecule has 1 aromatic carbocycles. The fourth-order valence-corrected chi connectivity index (χ4v) is 3.44. The van der Waals surface area contributed by atoms with Crippen molar-refractivity contribution in [2.45, 2.75) is 27.2 Å². The van der Waals surface area contributed by atoms with Crippen LogP contribution in [-0.2, 0) is 0 Å². The molecule has 6 heteroatoms. The van der Waals surface area contributed by atoms with Crippen LogP contribution in [0.2, 0.25) is 5.02 Å². The van der Waals surface area contributed by atoms with E-state index in [2.05, 4.69) is 30.7 Å². The second kappa shape index (κ2) is 8.17. The molecule has 0 spiro atoms. The van der Waals surface area contributed by atoms with Gasteiger partial charge in [-0.1, -0.05) is 32.4 Å². The quantitative estimate of drug-likeness (QED) is 0.496. The highest BCUT2D eigenvalue weighted by Crippen LogP contribution is 2.33. The van der Waals surface area contributed by atoms with Crippen molar-refractivity contribution in [2.75, 3.05) is 6.61 Å². The van der Waals surface area contributed by atoms with Crippen molar-refractivity contribution in [3.8, 4) is 17.0 Å². The van der Waals surface area contributed by atoms with Crippen LogP contribution < -0.4 is 4.74 Å². The normalized spacial score (nSPS) is 12.6. The van der Waals surface area contributed by atoms with E-state index < -0.39 is 11.6 Å². The first-order valence-corrected chi connectivity index (χ1v) is 9.25. The number of aromatic nitrogens is 2. The molecule has 0 amide bonds. The van der Waals surface area contributed by atoms with Gasteiger partial charge in [-0.25, -0.2) is 13.8 Å². The van der Waals surface area contributed by atoms with Gasteiger partial charge in [-0.2, -0.15) is 0 Å². The number of nitrogens with zero attached hydrogens (tertiary/aromatic N) is 2. The first-order valence-electron chi connectivity index (χ1n) is 8.87. The summed E-state index contributed by atoms with van der Waals surface area (Å²) in [5.74, 6) is -0.0159. The fraction of sp³-hybridized carbons (Fsp3) is 0.333. The van der Waals surface area contributed by atoms with E-state index in [0.717, 1.165) is 12.5 Å². The highest BCUT2D eigenvalue weighted by atomic mass is 35.5. The predicted molar refractivity (Wildman–Crippen MR) is 104 cm³/mol. The van der Waals surface area contributed by atoms with Gasteiger partial charge in [0.2, 0.25) is 5.88 Å². The predicted octanol–water partition coefficient (Wildman–Crippen LogP) is 6.29. The van der Waals surface area contributed by atoms with Gasteiger partial charge in [0.1, 0.15) is 16.7 Å². The molecule has 142 valence electrons. The summed E-state index contributed by atoms with van der Waals surface area (Å²) in [4.78, 5) is 8.33. The summed E-state index contributed by atoms with van der Waals surface area (Å²) < 4.78 is 33.5. The topological polar surface area (TPSA) is 35.0 Å². The molecule has 0 radical (unpaired) electrons. The second-order valence-electron chi connectivity index (χ2n) is 7.20. The number of ether oxygens (including phenoxy) is 1. The highest BCUT2D eigenvalue weighted by Gasteiger charge is 2.14. The Morgan fingerprint density at radius 3 is 2.59 bits per heavy atom. The lowest BCUT2D eigenvalue weighted by Crippen LogP contribution is -2.11. The second-order valence-corrected chi connectivity index (χ2v) is 7.60. The van der Waals surface area contributed by atoms with Gasteiger partial charge in [-0.05, 0) is 36.0 Å². The summed E-state index contributed by atoms with van der Waals surface area (Å²) in [5.41, 5.74) is 1.40. The fourth-order valence-electron chi connectivity index (χ4n) is 3.22. The first-order chi connectivity index (χ1) is 12.8. The maximum atomic E-state index is 14.3. The molecule has 3 aromatic rings. The minimum atomic E-state index is -0.674. The van der Waals surface area contributed by atoms with Gasteiger partial charge in [0.15, 0.2) is 0 Å². The zero-order valence-corrected chi connectivity index (χ0v) is 16.2. The van der Waals surface area contributed by atoms with Crippen LogP contribution >= 0.6 is 11.6 Å². The zero-order chi connectivity index (χ0) is 19.6. The van der Waals surface area contributed by atoms with Crippen LogP contribution in [0.3, 0.4) is 0 Å². The number of hydrogen-bond acceptors (Lipinski definition) is 3.